The minimum atomic E-state index is -3.66. The summed E-state index contributed by atoms with van der Waals surface area (Å²) in [5.74, 6) is 0.153. The molecule has 9 heteroatoms. The molecule has 0 amide bonds. The highest BCUT2D eigenvalue weighted by Crippen LogP contribution is 2.30. The molecule has 2 heterocycles. The Morgan fingerprint density at radius 3 is 2.61 bits per heavy atom. The van der Waals surface area contributed by atoms with Crippen molar-refractivity contribution >= 4 is 54.7 Å². The SMILES string of the molecule is Cc1cc(S(=O)(=O)Nc2cnc(Br)cn2)sc1Cl. The van der Waals surface area contributed by atoms with Crippen LogP contribution in [0.15, 0.2) is 27.3 Å². The second kappa shape index (κ2) is 5.12. The molecular formula is C9H7BrClN3O2S2. The Hall–Kier alpha value is -0.700. The Bertz CT molecular complexity index is 650. The lowest BCUT2D eigenvalue weighted by atomic mass is 10.4. The van der Waals surface area contributed by atoms with Crippen LogP contribution in [0.4, 0.5) is 5.82 Å². The summed E-state index contributed by atoms with van der Waals surface area (Å²) < 4.78 is 27.5. The lowest BCUT2D eigenvalue weighted by Crippen LogP contribution is -2.12. The van der Waals surface area contributed by atoms with Crippen molar-refractivity contribution in [2.75, 3.05) is 4.72 Å². The third-order valence-corrected chi connectivity index (χ3v) is 5.75. The summed E-state index contributed by atoms with van der Waals surface area (Å²) in [6.07, 6.45) is 2.73. The van der Waals surface area contributed by atoms with Gasteiger partial charge >= 0.3 is 0 Å². The van der Waals surface area contributed by atoms with E-state index >= 15 is 0 Å². The molecule has 18 heavy (non-hydrogen) atoms. The molecule has 1 N–H and O–H groups in total. The molecule has 2 aromatic rings. The summed E-state index contributed by atoms with van der Waals surface area (Å²) in [4.78, 5) is 7.77. The van der Waals surface area contributed by atoms with Gasteiger partial charge in [-0.15, -0.1) is 11.3 Å². The van der Waals surface area contributed by atoms with Gasteiger partial charge < -0.3 is 0 Å². The minimum absolute atomic E-state index is 0.148. The number of hydrogen-bond acceptors (Lipinski definition) is 5. The quantitative estimate of drug-likeness (QED) is 0.903. The molecular weight excluding hydrogens is 362 g/mol. The summed E-state index contributed by atoms with van der Waals surface area (Å²) in [5.41, 5.74) is 0.726. The van der Waals surface area contributed by atoms with Crippen molar-refractivity contribution in [3.05, 3.63) is 33.0 Å². The van der Waals surface area contributed by atoms with E-state index in [1.54, 1.807) is 6.92 Å². The van der Waals surface area contributed by atoms with E-state index < -0.39 is 10.0 Å². The van der Waals surface area contributed by atoms with Crippen LogP contribution in [-0.4, -0.2) is 18.4 Å². The van der Waals surface area contributed by atoms with Gasteiger partial charge in [-0.2, -0.15) is 0 Å². The zero-order chi connectivity index (χ0) is 13.3. The number of hydrogen-bond donors (Lipinski definition) is 1. The minimum Gasteiger partial charge on any atom is -0.261 e. The van der Waals surface area contributed by atoms with E-state index in [1.807, 2.05) is 0 Å². The molecule has 0 saturated heterocycles. The molecule has 5 nitrogen and oxygen atoms in total. The topological polar surface area (TPSA) is 72.0 Å². The summed E-state index contributed by atoms with van der Waals surface area (Å²) >= 11 is 9.97. The number of rotatable bonds is 3. The smallest absolute Gasteiger partial charge is 0.261 e. The molecule has 0 radical (unpaired) electrons. The number of thiophene rings is 1. The highest BCUT2D eigenvalue weighted by Gasteiger charge is 2.19. The van der Waals surface area contributed by atoms with Crippen LogP contribution in [0.3, 0.4) is 0 Å². The van der Waals surface area contributed by atoms with E-state index in [0.717, 1.165) is 16.9 Å². The molecule has 0 spiro atoms. The molecule has 0 aromatic carbocycles. The third kappa shape index (κ3) is 3.00. The van der Waals surface area contributed by atoms with Crippen molar-refractivity contribution in [3.8, 4) is 0 Å². The molecule has 96 valence electrons. The first-order valence-electron chi connectivity index (χ1n) is 4.65. The number of aryl methyl sites for hydroxylation is 1. The van der Waals surface area contributed by atoms with E-state index in [4.69, 9.17) is 11.6 Å². The Kier molecular flexibility index (Phi) is 3.90. The van der Waals surface area contributed by atoms with Crippen molar-refractivity contribution in [1.29, 1.82) is 0 Å². The van der Waals surface area contributed by atoms with Gasteiger partial charge in [0, 0.05) is 0 Å². The summed E-state index contributed by atoms with van der Waals surface area (Å²) in [7, 11) is -3.66. The van der Waals surface area contributed by atoms with Crippen LogP contribution >= 0.6 is 38.9 Å². The number of halogens is 2. The highest BCUT2D eigenvalue weighted by molar-refractivity contribution is 9.10. The molecule has 0 bridgehead atoms. The van der Waals surface area contributed by atoms with Crippen molar-refractivity contribution in [2.45, 2.75) is 11.1 Å². The average Bonchev–Trinajstić information content (AvgIpc) is 2.63. The van der Waals surface area contributed by atoms with Gasteiger partial charge in [0.2, 0.25) is 0 Å². The lowest BCUT2D eigenvalue weighted by Gasteiger charge is -2.04. The van der Waals surface area contributed by atoms with Crippen LogP contribution in [0.2, 0.25) is 4.34 Å². The van der Waals surface area contributed by atoms with Gasteiger partial charge in [0.05, 0.1) is 16.7 Å². The predicted octanol–water partition coefficient (Wildman–Crippen LogP) is 3.06. The normalized spacial score (nSPS) is 11.5. The largest absolute Gasteiger partial charge is 0.272 e. The molecule has 0 fully saturated rings. The van der Waals surface area contributed by atoms with Crippen molar-refractivity contribution in [1.82, 2.24) is 9.97 Å². The van der Waals surface area contributed by atoms with Gasteiger partial charge in [-0.1, -0.05) is 11.6 Å². The fraction of sp³-hybridized carbons (Fsp3) is 0.111. The number of nitrogens with one attached hydrogen (secondary N) is 1. The van der Waals surface area contributed by atoms with E-state index in [0.29, 0.717) is 8.94 Å². The number of anilines is 1. The maximum atomic E-state index is 12.0. The highest BCUT2D eigenvalue weighted by atomic mass is 79.9. The second-order valence-electron chi connectivity index (χ2n) is 3.35. The number of nitrogens with zero attached hydrogens (tertiary/aromatic N) is 2. The summed E-state index contributed by atoms with van der Waals surface area (Å²) in [6, 6.07) is 1.52. The Labute approximate surface area is 121 Å². The summed E-state index contributed by atoms with van der Waals surface area (Å²) in [6.45, 7) is 1.75. The Morgan fingerprint density at radius 2 is 2.11 bits per heavy atom. The molecule has 0 atom stereocenters. The maximum Gasteiger partial charge on any atom is 0.272 e. The van der Waals surface area contributed by atoms with E-state index in [2.05, 4.69) is 30.6 Å². The molecule has 0 unspecified atom stereocenters. The third-order valence-electron chi connectivity index (χ3n) is 1.96. The molecule has 0 aliphatic carbocycles. The van der Waals surface area contributed by atoms with Crippen molar-refractivity contribution in [3.63, 3.8) is 0 Å². The van der Waals surface area contributed by atoms with E-state index in [1.165, 1.54) is 18.5 Å². The van der Waals surface area contributed by atoms with Crippen molar-refractivity contribution in [2.24, 2.45) is 0 Å². The molecule has 0 saturated carbocycles. The molecule has 0 aliphatic heterocycles. The molecule has 2 rings (SSSR count). The number of sulfonamides is 1. The van der Waals surface area contributed by atoms with Gasteiger partial charge in [0.1, 0.15) is 8.81 Å². The molecule has 0 aliphatic rings. The van der Waals surface area contributed by atoms with Crippen LogP contribution in [0.25, 0.3) is 0 Å². The van der Waals surface area contributed by atoms with Crippen LogP contribution in [0, 0.1) is 6.92 Å². The number of aromatic nitrogens is 2. The summed E-state index contributed by atoms with van der Waals surface area (Å²) in [5, 5.41) is 0. The predicted molar refractivity (Wildman–Crippen MR) is 74.6 cm³/mol. The Morgan fingerprint density at radius 1 is 1.39 bits per heavy atom. The van der Waals surface area contributed by atoms with Gasteiger partial charge in [-0.05, 0) is 34.5 Å². The first-order chi connectivity index (χ1) is 8.38. The van der Waals surface area contributed by atoms with E-state index in [-0.39, 0.29) is 10.0 Å². The van der Waals surface area contributed by atoms with Gasteiger partial charge in [0.15, 0.2) is 5.82 Å². The monoisotopic (exact) mass is 367 g/mol. The van der Waals surface area contributed by atoms with Crippen LogP contribution in [0.1, 0.15) is 5.56 Å². The fourth-order valence-corrected chi connectivity index (χ4v) is 4.02. The second-order valence-corrected chi connectivity index (χ2v) is 7.73. The van der Waals surface area contributed by atoms with Gasteiger partial charge in [0.25, 0.3) is 10.0 Å². The zero-order valence-corrected chi connectivity index (χ0v) is 13.0. The first-order valence-corrected chi connectivity index (χ1v) is 8.12. The standard InChI is InChI=1S/C9H7BrClN3O2S2/c1-5-2-8(17-9(5)11)18(15,16)14-7-4-12-6(10)3-13-7/h2-4H,1H3,(H,13,14). The fourth-order valence-electron chi connectivity index (χ4n) is 1.12. The first kappa shape index (κ1) is 13.7. The van der Waals surface area contributed by atoms with E-state index in [9.17, 15) is 8.42 Å². The zero-order valence-electron chi connectivity index (χ0n) is 9.02. The van der Waals surface area contributed by atoms with Crippen LogP contribution in [0.5, 0.6) is 0 Å². The van der Waals surface area contributed by atoms with Gasteiger partial charge in [-0.25, -0.2) is 18.4 Å². The van der Waals surface area contributed by atoms with Crippen LogP contribution in [-0.2, 0) is 10.0 Å². The Balaban J connectivity index is 2.29. The maximum absolute atomic E-state index is 12.0. The van der Waals surface area contributed by atoms with Crippen molar-refractivity contribution < 1.29 is 8.42 Å². The lowest BCUT2D eigenvalue weighted by molar-refractivity contribution is 0.603. The molecule has 2 aromatic heterocycles. The average molecular weight is 369 g/mol. The van der Waals surface area contributed by atoms with Gasteiger partial charge in [-0.3, -0.25) is 4.72 Å². The van der Waals surface area contributed by atoms with Crippen LogP contribution < -0.4 is 4.72 Å².